The van der Waals surface area contributed by atoms with E-state index < -0.39 is 0 Å². The average Bonchev–Trinajstić information content (AvgIpc) is 2.77. The third kappa shape index (κ3) is 2.49. The zero-order valence-electron chi connectivity index (χ0n) is 11.1. The first kappa shape index (κ1) is 12.6. The second-order valence-corrected chi connectivity index (χ2v) is 4.93. The predicted molar refractivity (Wildman–Crippen MR) is 73.0 cm³/mol. The van der Waals surface area contributed by atoms with Crippen LogP contribution in [0.5, 0.6) is 0 Å². The number of imidazole rings is 1. The van der Waals surface area contributed by atoms with Crippen molar-refractivity contribution in [2.75, 3.05) is 19.8 Å². The van der Waals surface area contributed by atoms with Crippen LogP contribution >= 0.6 is 0 Å². The minimum atomic E-state index is -0.0872. The van der Waals surface area contributed by atoms with Crippen molar-refractivity contribution in [2.24, 2.45) is 12.8 Å². The first-order valence-corrected chi connectivity index (χ1v) is 6.61. The highest BCUT2D eigenvalue weighted by Crippen LogP contribution is 2.16. The molecule has 3 rings (SSSR count). The predicted octanol–water partition coefficient (Wildman–Crippen LogP) is 0.859. The number of nitrogens with two attached hydrogens (primary N) is 1. The van der Waals surface area contributed by atoms with Gasteiger partial charge in [-0.2, -0.15) is 0 Å². The Morgan fingerprint density at radius 3 is 3.00 bits per heavy atom. The molecule has 0 amide bonds. The Morgan fingerprint density at radius 1 is 1.42 bits per heavy atom. The SMILES string of the molecule is Cn1c(CC(N)C2COCCO2)nc2ccccc21. The molecule has 1 aromatic carbocycles. The van der Waals surface area contributed by atoms with Crippen LogP contribution in [0.1, 0.15) is 5.82 Å². The topological polar surface area (TPSA) is 62.3 Å². The molecule has 102 valence electrons. The summed E-state index contributed by atoms with van der Waals surface area (Å²) < 4.78 is 13.1. The lowest BCUT2D eigenvalue weighted by molar-refractivity contribution is -0.0969. The second-order valence-electron chi connectivity index (χ2n) is 4.93. The Kier molecular flexibility index (Phi) is 3.50. The molecule has 19 heavy (non-hydrogen) atoms. The Hall–Kier alpha value is -1.43. The van der Waals surface area contributed by atoms with Gasteiger partial charge in [0.15, 0.2) is 0 Å². The van der Waals surface area contributed by atoms with Crippen LogP contribution in [0.3, 0.4) is 0 Å². The lowest BCUT2D eigenvalue weighted by Crippen LogP contribution is -2.45. The monoisotopic (exact) mass is 261 g/mol. The van der Waals surface area contributed by atoms with Gasteiger partial charge in [-0.15, -0.1) is 0 Å². The summed E-state index contributed by atoms with van der Waals surface area (Å²) in [7, 11) is 2.02. The molecule has 0 saturated carbocycles. The number of nitrogens with zero attached hydrogens (tertiary/aromatic N) is 2. The molecule has 1 aromatic heterocycles. The zero-order valence-corrected chi connectivity index (χ0v) is 11.1. The van der Waals surface area contributed by atoms with E-state index in [2.05, 4.69) is 15.6 Å². The van der Waals surface area contributed by atoms with Crippen LogP contribution in [0.2, 0.25) is 0 Å². The van der Waals surface area contributed by atoms with Gasteiger partial charge in [0.05, 0.1) is 37.0 Å². The Balaban J connectivity index is 1.78. The number of para-hydroxylation sites is 2. The molecular weight excluding hydrogens is 242 g/mol. The van der Waals surface area contributed by atoms with Crippen LogP contribution in [-0.2, 0) is 22.9 Å². The molecule has 0 aliphatic carbocycles. The van der Waals surface area contributed by atoms with Crippen LogP contribution in [0.15, 0.2) is 24.3 Å². The summed E-state index contributed by atoms with van der Waals surface area (Å²) in [4.78, 5) is 4.63. The number of rotatable bonds is 3. The third-order valence-electron chi connectivity index (χ3n) is 3.62. The van der Waals surface area contributed by atoms with Crippen molar-refractivity contribution in [1.82, 2.24) is 9.55 Å². The quantitative estimate of drug-likeness (QED) is 0.890. The largest absolute Gasteiger partial charge is 0.376 e. The highest BCUT2D eigenvalue weighted by molar-refractivity contribution is 5.75. The summed E-state index contributed by atoms with van der Waals surface area (Å²) in [5, 5.41) is 0. The highest BCUT2D eigenvalue weighted by atomic mass is 16.6. The van der Waals surface area contributed by atoms with Gasteiger partial charge in [0, 0.05) is 19.5 Å². The average molecular weight is 261 g/mol. The molecule has 0 spiro atoms. The number of fused-ring (bicyclic) bond motifs is 1. The first-order chi connectivity index (χ1) is 9.25. The lowest BCUT2D eigenvalue weighted by atomic mass is 10.1. The molecule has 1 aliphatic rings. The fraction of sp³-hybridized carbons (Fsp3) is 0.500. The number of aryl methyl sites for hydroxylation is 1. The van der Waals surface area contributed by atoms with E-state index in [0.717, 1.165) is 16.9 Å². The standard InChI is InChI=1S/C14H19N3O2/c1-17-12-5-3-2-4-11(12)16-14(17)8-10(15)13-9-18-6-7-19-13/h2-5,10,13H,6-9,15H2,1H3. The van der Waals surface area contributed by atoms with Crippen LogP contribution in [0, 0.1) is 0 Å². The number of benzene rings is 1. The zero-order chi connectivity index (χ0) is 13.2. The molecule has 0 bridgehead atoms. The van der Waals surface area contributed by atoms with Gasteiger partial charge in [0.1, 0.15) is 5.82 Å². The van der Waals surface area contributed by atoms with Crippen molar-refractivity contribution < 1.29 is 9.47 Å². The molecule has 1 aliphatic heterocycles. The summed E-state index contributed by atoms with van der Waals surface area (Å²) in [6, 6.07) is 8.02. The molecular formula is C14H19N3O2. The number of hydrogen-bond acceptors (Lipinski definition) is 4. The fourth-order valence-electron chi connectivity index (χ4n) is 2.47. The summed E-state index contributed by atoms with van der Waals surface area (Å²) in [6.07, 6.45) is 0.660. The minimum Gasteiger partial charge on any atom is -0.376 e. The van der Waals surface area contributed by atoms with Crippen LogP contribution < -0.4 is 5.73 Å². The van der Waals surface area contributed by atoms with Crippen molar-refractivity contribution in [1.29, 1.82) is 0 Å². The van der Waals surface area contributed by atoms with Crippen molar-refractivity contribution in [3.63, 3.8) is 0 Å². The Bertz CT molecular complexity index is 561. The highest BCUT2D eigenvalue weighted by Gasteiger charge is 2.23. The van der Waals surface area contributed by atoms with Gasteiger partial charge >= 0.3 is 0 Å². The van der Waals surface area contributed by atoms with E-state index in [9.17, 15) is 0 Å². The maximum atomic E-state index is 6.21. The number of aromatic nitrogens is 2. The van der Waals surface area contributed by atoms with Crippen LogP contribution in [0.25, 0.3) is 11.0 Å². The molecule has 2 atom stereocenters. The van der Waals surface area contributed by atoms with Gasteiger partial charge in [-0.25, -0.2) is 4.98 Å². The summed E-state index contributed by atoms with van der Waals surface area (Å²) in [6.45, 7) is 1.86. The molecule has 2 heterocycles. The normalized spacial score (nSPS) is 21.7. The molecule has 5 heteroatoms. The van der Waals surface area contributed by atoms with Gasteiger partial charge in [-0.05, 0) is 12.1 Å². The van der Waals surface area contributed by atoms with Crippen molar-refractivity contribution in [3.8, 4) is 0 Å². The maximum absolute atomic E-state index is 6.21. The van der Waals surface area contributed by atoms with E-state index >= 15 is 0 Å². The smallest absolute Gasteiger partial charge is 0.111 e. The van der Waals surface area contributed by atoms with Gasteiger partial charge in [-0.1, -0.05) is 12.1 Å². The number of hydrogen-bond donors (Lipinski definition) is 1. The maximum Gasteiger partial charge on any atom is 0.111 e. The molecule has 5 nitrogen and oxygen atoms in total. The van der Waals surface area contributed by atoms with E-state index in [1.54, 1.807) is 0 Å². The van der Waals surface area contributed by atoms with Gasteiger partial charge in [-0.3, -0.25) is 0 Å². The van der Waals surface area contributed by atoms with Gasteiger partial charge in [0.25, 0.3) is 0 Å². The Morgan fingerprint density at radius 2 is 2.26 bits per heavy atom. The molecule has 1 fully saturated rings. The molecule has 1 saturated heterocycles. The molecule has 2 unspecified atom stereocenters. The van der Waals surface area contributed by atoms with E-state index in [4.69, 9.17) is 15.2 Å². The van der Waals surface area contributed by atoms with Gasteiger partial charge in [0.2, 0.25) is 0 Å². The van der Waals surface area contributed by atoms with E-state index in [-0.39, 0.29) is 12.1 Å². The minimum absolute atomic E-state index is 0.0337. The number of ether oxygens (including phenoxy) is 2. The van der Waals surface area contributed by atoms with Crippen molar-refractivity contribution in [3.05, 3.63) is 30.1 Å². The first-order valence-electron chi connectivity index (χ1n) is 6.61. The van der Waals surface area contributed by atoms with Crippen LogP contribution in [0.4, 0.5) is 0 Å². The van der Waals surface area contributed by atoms with E-state index in [0.29, 0.717) is 26.2 Å². The summed E-state index contributed by atoms with van der Waals surface area (Å²) in [5.74, 6) is 0.989. The summed E-state index contributed by atoms with van der Waals surface area (Å²) in [5.41, 5.74) is 8.35. The molecule has 2 aromatic rings. The molecule has 0 radical (unpaired) electrons. The van der Waals surface area contributed by atoms with Crippen LogP contribution in [-0.4, -0.2) is 41.5 Å². The summed E-state index contributed by atoms with van der Waals surface area (Å²) >= 11 is 0. The lowest BCUT2D eigenvalue weighted by Gasteiger charge is -2.27. The van der Waals surface area contributed by atoms with E-state index in [1.807, 2.05) is 25.2 Å². The Labute approximate surface area is 112 Å². The third-order valence-corrected chi connectivity index (χ3v) is 3.62. The molecule has 2 N–H and O–H groups in total. The van der Waals surface area contributed by atoms with Crippen molar-refractivity contribution in [2.45, 2.75) is 18.6 Å². The van der Waals surface area contributed by atoms with Crippen molar-refractivity contribution >= 4 is 11.0 Å². The fourth-order valence-corrected chi connectivity index (χ4v) is 2.47. The van der Waals surface area contributed by atoms with E-state index in [1.165, 1.54) is 0 Å². The second kappa shape index (κ2) is 5.28. The van der Waals surface area contributed by atoms with Gasteiger partial charge < -0.3 is 19.8 Å².